The van der Waals surface area contributed by atoms with Crippen LogP contribution in [0.3, 0.4) is 0 Å². The number of nitrogens with zero attached hydrogens (tertiary/aromatic N) is 1. The number of fused-ring (bicyclic) bond motifs is 9. The summed E-state index contributed by atoms with van der Waals surface area (Å²) in [6.45, 7) is 0. The van der Waals surface area contributed by atoms with E-state index in [1.54, 1.807) is 0 Å². The van der Waals surface area contributed by atoms with Gasteiger partial charge in [0.2, 0.25) is 0 Å². The lowest BCUT2D eigenvalue weighted by Crippen LogP contribution is -2.10. The third-order valence-corrected chi connectivity index (χ3v) is 13.0. The summed E-state index contributed by atoms with van der Waals surface area (Å²) in [4.78, 5) is 2.41. The second kappa shape index (κ2) is 13.6. The molecule has 12 rings (SSSR count). The third-order valence-electron chi connectivity index (χ3n) is 11.9. The quantitative estimate of drug-likeness (QED) is 0.157. The summed E-state index contributed by atoms with van der Waals surface area (Å²) >= 11 is 1.85. The molecule has 0 spiro atoms. The van der Waals surface area contributed by atoms with E-state index in [1.165, 1.54) is 52.8 Å². The molecule has 0 fully saturated rings. The first-order valence-corrected chi connectivity index (χ1v) is 20.9. The maximum Gasteiger partial charge on any atom is 0.143 e. The van der Waals surface area contributed by atoms with E-state index in [9.17, 15) is 0 Å². The van der Waals surface area contributed by atoms with Crippen molar-refractivity contribution in [3.05, 3.63) is 212 Å². The van der Waals surface area contributed by atoms with Crippen molar-refractivity contribution in [3.63, 3.8) is 0 Å². The van der Waals surface area contributed by atoms with Gasteiger partial charge in [0.25, 0.3) is 0 Å². The minimum Gasteiger partial charge on any atom is -0.455 e. The predicted molar refractivity (Wildman–Crippen MR) is 253 cm³/mol. The van der Waals surface area contributed by atoms with Gasteiger partial charge in [0.05, 0.1) is 0 Å². The van der Waals surface area contributed by atoms with Crippen LogP contribution in [0.5, 0.6) is 0 Å². The normalized spacial score (nSPS) is 11.7. The average Bonchev–Trinajstić information content (AvgIpc) is 3.88. The van der Waals surface area contributed by atoms with Crippen LogP contribution in [0.2, 0.25) is 0 Å². The van der Waals surface area contributed by atoms with E-state index in [1.807, 2.05) is 17.4 Å². The second-order valence-electron chi connectivity index (χ2n) is 15.2. The van der Waals surface area contributed by atoms with Gasteiger partial charge in [-0.3, -0.25) is 0 Å². The molecule has 3 heteroatoms. The summed E-state index contributed by atoms with van der Waals surface area (Å²) < 4.78 is 9.24. The van der Waals surface area contributed by atoms with E-state index in [0.717, 1.165) is 61.3 Å². The number of anilines is 3. The van der Waals surface area contributed by atoms with Gasteiger partial charge in [-0.25, -0.2) is 0 Å². The van der Waals surface area contributed by atoms with Crippen molar-refractivity contribution in [1.82, 2.24) is 0 Å². The molecule has 2 aromatic heterocycles. The van der Waals surface area contributed by atoms with E-state index in [0.29, 0.717) is 0 Å². The Bertz CT molecular complexity index is 3560. The minimum atomic E-state index is 0.893. The Labute approximate surface area is 345 Å². The third kappa shape index (κ3) is 5.55. The average molecular weight is 770 g/mol. The smallest absolute Gasteiger partial charge is 0.143 e. The Balaban J connectivity index is 1.07. The molecule has 0 amide bonds. The monoisotopic (exact) mass is 769 g/mol. The Kier molecular flexibility index (Phi) is 7.75. The highest BCUT2D eigenvalue weighted by molar-refractivity contribution is 7.25. The van der Waals surface area contributed by atoms with E-state index in [-0.39, 0.29) is 0 Å². The van der Waals surface area contributed by atoms with Crippen LogP contribution in [-0.2, 0) is 0 Å². The fourth-order valence-corrected chi connectivity index (χ4v) is 10.2. The number of furan rings is 1. The highest BCUT2D eigenvalue weighted by Crippen LogP contribution is 2.46. The van der Waals surface area contributed by atoms with Crippen molar-refractivity contribution in [2.75, 3.05) is 4.90 Å². The SMILES string of the molecule is c1ccc(-c2ccc(N(c3ccc(-c4cc5ccccc5c5ccccc45)cc3)c3ccc4c(c3)sc3ccccc34)cc2-c2cccc3c2oc2ccccc23)cc1. The summed E-state index contributed by atoms with van der Waals surface area (Å²) in [6.07, 6.45) is 0. The Hall–Kier alpha value is -7.46. The first kappa shape index (κ1) is 33.7. The van der Waals surface area contributed by atoms with Gasteiger partial charge >= 0.3 is 0 Å². The summed E-state index contributed by atoms with van der Waals surface area (Å²) in [7, 11) is 0. The molecule has 59 heavy (non-hydrogen) atoms. The van der Waals surface area contributed by atoms with Crippen LogP contribution >= 0.6 is 11.3 Å². The van der Waals surface area contributed by atoms with E-state index >= 15 is 0 Å². The Morgan fingerprint density at radius 2 is 0.949 bits per heavy atom. The lowest BCUT2D eigenvalue weighted by Gasteiger charge is -2.27. The van der Waals surface area contributed by atoms with Crippen LogP contribution in [0.25, 0.3) is 97.0 Å². The Morgan fingerprint density at radius 1 is 0.322 bits per heavy atom. The van der Waals surface area contributed by atoms with Crippen LogP contribution < -0.4 is 4.90 Å². The van der Waals surface area contributed by atoms with Crippen molar-refractivity contribution >= 4 is 92.1 Å². The number of hydrogen-bond donors (Lipinski definition) is 0. The molecular formula is C56H35NOS. The summed E-state index contributed by atoms with van der Waals surface area (Å²) in [5.74, 6) is 0. The molecule has 0 bridgehead atoms. The highest BCUT2D eigenvalue weighted by Gasteiger charge is 2.21. The van der Waals surface area contributed by atoms with Gasteiger partial charge in [0.15, 0.2) is 0 Å². The summed E-state index contributed by atoms with van der Waals surface area (Å²) in [5.41, 5.74) is 12.0. The Morgan fingerprint density at radius 3 is 1.81 bits per heavy atom. The van der Waals surface area contributed by atoms with Gasteiger partial charge in [-0.1, -0.05) is 158 Å². The van der Waals surface area contributed by atoms with Crippen LogP contribution in [0.15, 0.2) is 217 Å². The van der Waals surface area contributed by atoms with Gasteiger partial charge in [-0.15, -0.1) is 11.3 Å². The molecule has 0 aliphatic heterocycles. The number of rotatable bonds is 6. The molecule has 10 aromatic carbocycles. The van der Waals surface area contributed by atoms with Gasteiger partial charge in [0, 0.05) is 53.6 Å². The van der Waals surface area contributed by atoms with Gasteiger partial charge in [0.1, 0.15) is 11.2 Å². The lowest BCUT2D eigenvalue weighted by atomic mass is 9.92. The van der Waals surface area contributed by atoms with Crippen molar-refractivity contribution in [1.29, 1.82) is 0 Å². The van der Waals surface area contributed by atoms with Gasteiger partial charge in [-0.05, 0) is 104 Å². The molecule has 0 aliphatic carbocycles. The largest absolute Gasteiger partial charge is 0.455 e. The van der Waals surface area contributed by atoms with Crippen LogP contribution in [0, 0.1) is 0 Å². The maximum absolute atomic E-state index is 6.68. The zero-order valence-electron chi connectivity index (χ0n) is 32.0. The molecule has 0 aliphatic rings. The summed E-state index contributed by atoms with van der Waals surface area (Å²) in [5, 5.41) is 9.87. The molecular weight excluding hydrogens is 735 g/mol. The minimum absolute atomic E-state index is 0.893. The molecule has 2 heterocycles. The molecule has 276 valence electrons. The molecule has 0 N–H and O–H groups in total. The van der Waals surface area contributed by atoms with Gasteiger partial charge in [-0.2, -0.15) is 0 Å². The lowest BCUT2D eigenvalue weighted by molar-refractivity contribution is 0.670. The van der Waals surface area contributed by atoms with Crippen LogP contribution in [-0.4, -0.2) is 0 Å². The molecule has 2 nitrogen and oxygen atoms in total. The highest BCUT2D eigenvalue weighted by atomic mass is 32.1. The molecule has 0 saturated carbocycles. The molecule has 0 atom stereocenters. The van der Waals surface area contributed by atoms with E-state index in [4.69, 9.17) is 4.42 Å². The summed E-state index contributed by atoms with van der Waals surface area (Å²) in [6, 6.07) is 77.0. The zero-order chi connectivity index (χ0) is 38.9. The van der Waals surface area contributed by atoms with E-state index < -0.39 is 0 Å². The number of benzene rings is 10. The predicted octanol–water partition coefficient (Wildman–Crippen LogP) is 16.7. The topological polar surface area (TPSA) is 16.4 Å². The first-order valence-electron chi connectivity index (χ1n) is 20.1. The van der Waals surface area contributed by atoms with Crippen molar-refractivity contribution in [2.45, 2.75) is 0 Å². The van der Waals surface area contributed by atoms with E-state index in [2.05, 4.69) is 211 Å². The molecule has 0 saturated heterocycles. The van der Waals surface area contributed by atoms with Crippen LogP contribution in [0.1, 0.15) is 0 Å². The van der Waals surface area contributed by atoms with Crippen molar-refractivity contribution < 1.29 is 4.42 Å². The maximum atomic E-state index is 6.68. The molecule has 12 aromatic rings. The van der Waals surface area contributed by atoms with Gasteiger partial charge < -0.3 is 9.32 Å². The first-order chi connectivity index (χ1) is 29.2. The fourth-order valence-electron chi connectivity index (χ4n) is 9.11. The van der Waals surface area contributed by atoms with Crippen molar-refractivity contribution in [3.8, 4) is 33.4 Å². The van der Waals surface area contributed by atoms with Crippen molar-refractivity contribution in [2.24, 2.45) is 0 Å². The number of hydrogen-bond acceptors (Lipinski definition) is 3. The van der Waals surface area contributed by atoms with Crippen LogP contribution in [0.4, 0.5) is 17.1 Å². The molecule has 0 radical (unpaired) electrons. The standard InChI is InChI=1S/C56H35NOS/c1-2-13-36(14-3-1)43-31-29-40(34-52(43)50-22-12-21-49-46-19-8-10-23-53(46)58-56(49)50)57(41-30-32-48-47-20-9-11-24-54(47)59-55(48)35-41)39-27-25-37(26-28-39)51-33-38-15-4-5-16-42(38)44-17-6-7-18-45(44)51/h1-35H. The molecule has 0 unspecified atom stereocenters. The zero-order valence-corrected chi connectivity index (χ0v) is 32.8. The number of para-hydroxylation sites is 2. The number of thiophene rings is 1. The fraction of sp³-hybridized carbons (Fsp3) is 0. The second-order valence-corrected chi connectivity index (χ2v) is 16.3.